The van der Waals surface area contributed by atoms with Crippen LogP contribution in [0.2, 0.25) is 0 Å². The van der Waals surface area contributed by atoms with Crippen LogP contribution in [0.15, 0.2) is 42.5 Å². The van der Waals surface area contributed by atoms with Gasteiger partial charge in [-0.2, -0.15) is 0 Å². The second kappa shape index (κ2) is 5.97. The van der Waals surface area contributed by atoms with E-state index in [0.29, 0.717) is 0 Å². The Morgan fingerprint density at radius 1 is 0.905 bits per heavy atom. The highest BCUT2D eigenvalue weighted by Crippen LogP contribution is 2.32. The van der Waals surface area contributed by atoms with Crippen molar-refractivity contribution in [2.75, 3.05) is 0 Å². The highest BCUT2D eigenvalue weighted by molar-refractivity contribution is 5.77. The summed E-state index contributed by atoms with van der Waals surface area (Å²) in [5.41, 5.74) is 0.0757. The number of carbonyl (C=O) groups is 1. The molecule has 0 radical (unpaired) electrons. The molecule has 0 aliphatic carbocycles. The summed E-state index contributed by atoms with van der Waals surface area (Å²) in [6.45, 7) is 0. The van der Waals surface area contributed by atoms with Crippen molar-refractivity contribution < 1.29 is 28.2 Å². The molecule has 6 heteroatoms. The van der Waals surface area contributed by atoms with E-state index in [1.165, 1.54) is 12.1 Å². The van der Waals surface area contributed by atoms with Gasteiger partial charge in [-0.3, -0.25) is 4.79 Å². The van der Waals surface area contributed by atoms with Gasteiger partial charge in [0.25, 0.3) is 0 Å². The van der Waals surface area contributed by atoms with Crippen molar-refractivity contribution in [3.05, 3.63) is 71.0 Å². The molecule has 2 aromatic carbocycles. The maximum atomic E-state index is 13.2. The minimum Gasteiger partial charge on any atom is -0.481 e. The summed E-state index contributed by atoms with van der Waals surface area (Å²) in [7, 11) is 0. The molecule has 21 heavy (non-hydrogen) atoms. The zero-order valence-corrected chi connectivity index (χ0v) is 10.6. The summed E-state index contributed by atoms with van der Waals surface area (Å²) >= 11 is 0. The van der Waals surface area contributed by atoms with E-state index in [4.69, 9.17) is 0 Å². The van der Waals surface area contributed by atoms with Crippen molar-refractivity contribution in [1.82, 2.24) is 0 Å². The maximum Gasteiger partial charge on any atom is 0.314 e. The highest BCUT2D eigenvalue weighted by Gasteiger charge is 2.30. The topological polar surface area (TPSA) is 57.5 Å². The molecule has 2 rings (SSSR count). The highest BCUT2D eigenvalue weighted by atomic mass is 19.2. The van der Waals surface area contributed by atoms with Gasteiger partial charge in [0.05, 0.1) is 6.10 Å². The minimum atomic E-state index is -1.59. The van der Waals surface area contributed by atoms with E-state index in [2.05, 4.69) is 0 Å². The zero-order valence-electron chi connectivity index (χ0n) is 10.6. The van der Waals surface area contributed by atoms with Crippen LogP contribution in [0.3, 0.4) is 0 Å². The third-order valence-electron chi connectivity index (χ3n) is 3.10. The Hall–Kier alpha value is -2.34. The van der Waals surface area contributed by atoms with E-state index in [0.717, 1.165) is 30.3 Å². The van der Waals surface area contributed by atoms with Gasteiger partial charge in [0.2, 0.25) is 0 Å². The summed E-state index contributed by atoms with van der Waals surface area (Å²) in [4.78, 5) is 11.3. The zero-order chi connectivity index (χ0) is 15.6. The lowest BCUT2D eigenvalue weighted by molar-refractivity contribution is -0.141. The number of benzene rings is 2. The van der Waals surface area contributed by atoms with Crippen molar-refractivity contribution in [1.29, 1.82) is 0 Å². The Morgan fingerprint density at radius 3 is 2.00 bits per heavy atom. The predicted octanol–water partition coefficient (Wildman–Crippen LogP) is 3.01. The quantitative estimate of drug-likeness (QED) is 0.912. The summed E-state index contributed by atoms with van der Waals surface area (Å²) in [6.07, 6.45) is -1.59. The first-order valence-corrected chi connectivity index (χ1v) is 6.01. The van der Waals surface area contributed by atoms with Gasteiger partial charge < -0.3 is 10.2 Å². The molecule has 2 aromatic rings. The van der Waals surface area contributed by atoms with Gasteiger partial charge in [0.1, 0.15) is 11.7 Å². The molecule has 0 aromatic heterocycles. The Labute approximate surface area is 118 Å². The molecule has 0 aliphatic heterocycles. The van der Waals surface area contributed by atoms with Crippen LogP contribution in [-0.2, 0) is 4.79 Å². The predicted molar refractivity (Wildman–Crippen MR) is 68.1 cm³/mol. The van der Waals surface area contributed by atoms with Crippen LogP contribution in [0.1, 0.15) is 23.1 Å². The molecule has 0 heterocycles. The molecule has 110 valence electrons. The third-order valence-corrected chi connectivity index (χ3v) is 3.10. The smallest absolute Gasteiger partial charge is 0.314 e. The first-order valence-electron chi connectivity index (χ1n) is 6.01. The molecule has 2 N–H and O–H groups in total. The summed E-state index contributed by atoms with van der Waals surface area (Å²) in [6, 6.07) is 7.19. The summed E-state index contributed by atoms with van der Waals surface area (Å²) < 4.78 is 38.9. The lowest BCUT2D eigenvalue weighted by Crippen LogP contribution is -2.20. The van der Waals surface area contributed by atoms with Gasteiger partial charge in [0.15, 0.2) is 11.6 Å². The van der Waals surface area contributed by atoms with E-state index in [9.17, 15) is 28.2 Å². The SMILES string of the molecule is O=C(O)C(c1ccc(F)cc1)C(O)c1ccc(F)c(F)c1. The molecule has 0 amide bonds. The monoisotopic (exact) mass is 296 g/mol. The number of aliphatic hydroxyl groups is 1. The molecule has 2 unspecified atom stereocenters. The molecule has 0 aliphatic rings. The van der Waals surface area contributed by atoms with E-state index in [1.54, 1.807) is 0 Å². The van der Waals surface area contributed by atoms with Crippen LogP contribution < -0.4 is 0 Å². The van der Waals surface area contributed by atoms with Crippen molar-refractivity contribution in [2.45, 2.75) is 12.0 Å². The Balaban J connectivity index is 2.39. The fraction of sp³-hybridized carbons (Fsp3) is 0.133. The van der Waals surface area contributed by atoms with Gasteiger partial charge in [-0.1, -0.05) is 18.2 Å². The van der Waals surface area contributed by atoms with Gasteiger partial charge in [-0.05, 0) is 35.4 Å². The number of rotatable bonds is 4. The van der Waals surface area contributed by atoms with Gasteiger partial charge in [-0.25, -0.2) is 13.2 Å². The minimum absolute atomic E-state index is 0.0781. The van der Waals surface area contributed by atoms with Crippen LogP contribution in [0.25, 0.3) is 0 Å². The first-order chi connectivity index (χ1) is 9.90. The summed E-state index contributed by atoms with van der Waals surface area (Å²) in [5.74, 6) is -5.62. The van der Waals surface area contributed by atoms with Gasteiger partial charge in [0, 0.05) is 0 Å². The number of hydrogen-bond acceptors (Lipinski definition) is 2. The van der Waals surface area contributed by atoms with E-state index >= 15 is 0 Å². The number of aliphatic carboxylic acids is 1. The molecule has 0 bridgehead atoms. The number of hydrogen-bond donors (Lipinski definition) is 2. The molecular weight excluding hydrogens is 285 g/mol. The van der Waals surface area contributed by atoms with Crippen molar-refractivity contribution in [2.24, 2.45) is 0 Å². The number of carboxylic acid groups (broad SMARTS) is 1. The van der Waals surface area contributed by atoms with Gasteiger partial charge >= 0.3 is 5.97 Å². The number of aliphatic hydroxyl groups excluding tert-OH is 1. The van der Waals surface area contributed by atoms with Crippen LogP contribution in [0.5, 0.6) is 0 Å². The fourth-order valence-corrected chi connectivity index (χ4v) is 2.02. The Kier molecular flexibility index (Phi) is 4.28. The third kappa shape index (κ3) is 3.22. The fourth-order valence-electron chi connectivity index (χ4n) is 2.02. The molecule has 0 saturated carbocycles. The normalized spacial score (nSPS) is 13.7. The molecule has 2 atom stereocenters. The van der Waals surface area contributed by atoms with Crippen LogP contribution >= 0.6 is 0 Å². The largest absolute Gasteiger partial charge is 0.481 e. The Morgan fingerprint density at radius 2 is 1.48 bits per heavy atom. The standard InChI is InChI=1S/C15H11F3O3/c16-10-4-1-8(2-5-10)13(15(20)21)14(19)9-3-6-11(17)12(18)7-9/h1-7,13-14,19H,(H,20,21). The number of carboxylic acids is 1. The Bertz CT molecular complexity index is 656. The van der Waals surface area contributed by atoms with Crippen molar-refractivity contribution >= 4 is 5.97 Å². The van der Waals surface area contributed by atoms with Gasteiger partial charge in [-0.15, -0.1) is 0 Å². The van der Waals surface area contributed by atoms with E-state index < -0.39 is 35.4 Å². The second-order valence-electron chi connectivity index (χ2n) is 4.49. The lowest BCUT2D eigenvalue weighted by atomic mass is 9.89. The molecular formula is C15H11F3O3. The van der Waals surface area contributed by atoms with E-state index in [1.807, 2.05) is 0 Å². The molecule has 0 fully saturated rings. The van der Waals surface area contributed by atoms with Crippen molar-refractivity contribution in [3.63, 3.8) is 0 Å². The summed E-state index contributed by atoms with van der Waals surface area (Å²) in [5, 5.41) is 19.4. The van der Waals surface area contributed by atoms with Crippen LogP contribution in [0, 0.1) is 17.5 Å². The molecule has 3 nitrogen and oxygen atoms in total. The average Bonchev–Trinajstić information content (AvgIpc) is 2.43. The van der Waals surface area contributed by atoms with Crippen LogP contribution in [-0.4, -0.2) is 16.2 Å². The molecule has 0 saturated heterocycles. The van der Waals surface area contributed by atoms with E-state index in [-0.39, 0.29) is 11.1 Å². The maximum absolute atomic E-state index is 13.2. The first kappa shape index (κ1) is 15.1. The number of halogens is 3. The van der Waals surface area contributed by atoms with Crippen LogP contribution in [0.4, 0.5) is 13.2 Å². The second-order valence-corrected chi connectivity index (χ2v) is 4.49. The molecule has 0 spiro atoms. The average molecular weight is 296 g/mol. The lowest BCUT2D eigenvalue weighted by Gasteiger charge is -2.20. The van der Waals surface area contributed by atoms with Crippen molar-refractivity contribution in [3.8, 4) is 0 Å².